The van der Waals surface area contributed by atoms with Gasteiger partial charge in [-0.2, -0.15) is 0 Å². The quantitative estimate of drug-likeness (QED) is 0.836. The molecule has 1 aliphatic rings. The van der Waals surface area contributed by atoms with Gasteiger partial charge in [-0.1, -0.05) is 43.2 Å². The largest absolute Gasteiger partial charge is 0.356 e. The van der Waals surface area contributed by atoms with E-state index in [1.165, 1.54) is 25.7 Å². The summed E-state index contributed by atoms with van der Waals surface area (Å²) in [6.07, 6.45) is 5.46. The Morgan fingerprint density at radius 1 is 1.30 bits per heavy atom. The molecule has 0 aromatic heterocycles. The van der Waals surface area contributed by atoms with Crippen molar-refractivity contribution in [2.45, 2.75) is 45.1 Å². The Balaban J connectivity index is 1.75. The number of thiocarbonyl (C=S) groups is 1. The zero-order valence-electron chi connectivity index (χ0n) is 11.9. The molecule has 1 fully saturated rings. The lowest BCUT2D eigenvalue weighted by Gasteiger charge is -2.17. The van der Waals surface area contributed by atoms with Crippen LogP contribution in [-0.4, -0.2) is 11.0 Å². The molecule has 2 rings (SSSR count). The number of nitrogens with one attached hydrogen (secondary N) is 2. The van der Waals surface area contributed by atoms with Crippen molar-refractivity contribution in [3.05, 3.63) is 35.9 Å². The molecule has 2 N–H and O–H groups in total. The second kappa shape index (κ2) is 7.39. The molecule has 4 heteroatoms. The normalized spacial score (nSPS) is 16.6. The zero-order valence-corrected chi connectivity index (χ0v) is 12.7. The Kier molecular flexibility index (Phi) is 5.53. The molecule has 0 bridgehead atoms. The fourth-order valence-electron chi connectivity index (χ4n) is 2.71. The summed E-state index contributed by atoms with van der Waals surface area (Å²) >= 11 is 5.20. The van der Waals surface area contributed by atoms with Gasteiger partial charge in [-0.05, 0) is 43.5 Å². The third-order valence-corrected chi connectivity index (χ3v) is 4.07. The van der Waals surface area contributed by atoms with E-state index < -0.39 is 0 Å². The highest BCUT2D eigenvalue weighted by atomic mass is 32.1. The lowest BCUT2D eigenvalue weighted by Crippen LogP contribution is -2.40. The van der Waals surface area contributed by atoms with Gasteiger partial charge < -0.3 is 10.6 Å². The maximum Gasteiger partial charge on any atom is 0.226 e. The van der Waals surface area contributed by atoms with E-state index in [2.05, 4.69) is 10.6 Å². The average molecular weight is 290 g/mol. The summed E-state index contributed by atoms with van der Waals surface area (Å²) in [5.41, 5.74) is 1.15. The monoisotopic (exact) mass is 290 g/mol. The topological polar surface area (TPSA) is 41.1 Å². The van der Waals surface area contributed by atoms with Gasteiger partial charge in [0.25, 0.3) is 0 Å². The maximum absolute atomic E-state index is 11.9. The molecule has 0 heterocycles. The first-order valence-electron chi connectivity index (χ1n) is 7.30. The molecule has 1 aromatic carbocycles. The summed E-state index contributed by atoms with van der Waals surface area (Å²) in [6.45, 7) is 2.03. The fraction of sp³-hybridized carbons (Fsp3) is 0.500. The second-order valence-electron chi connectivity index (χ2n) is 5.51. The van der Waals surface area contributed by atoms with Crippen LogP contribution in [0.5, 0.6) is 0 Å². The van der Waals surface area contributed by atoms with E-state index in [1.54, 1.807) is 0 Å². The van der Waals surface area contributed by atoms with Crippen LogP contribution in [0.3, 0.4) is 0 Å². The molecule has 108 valence electrons. The number of carbonyl (C=O) groups excluding carboxylic acids is 1. The Morgan fingerprint density at radius 3 is 2.60 bits per heavy atom. The summed E-state index contributed by atoms with van der Waals surface area (Å²) in [5, 5.41) is 6.36. The fourth-order valence-corrected chi connectivity index (χ4v) is 3.00. The van der Waals surface area contributed by atoms with Crippen molar-refractivity contribution < 1.29 is 4.79 Å². The number of benzene rings is 1. The van der Waals surface area contributed by atoms with Crippen molar-refractivity contribution in [2.75, 3.05) is 0 Å². The number of rotatable bonds is 4. The molecule has 1 saturated carbocycles. The molecule has 20 heavy (non-hydrogen) atoms. The summed E-state index contributed by atoms with van der Waals surface area (Å²) in [6, 6.07) is 10.2. The maximum atomic E-state index is 11.9. The van der Waals surface area contributed by atoms with E-state index in [9.17, 15) is 4.79 Å². The molecular formula is C16H22N2OS. The number of amides is 1. The molecule has 0 aliphatic heterocycles. The summed E-state index contributed by atoms with van der Waals surface area (Å²) in [5.74, 6) is 0.582. The Hall–Kier alpha value is -1.42. The summed E-state index contributed by atoms with van der Waals surface area (Å²) in [4.78, 5) is 11.9. The van der Waals surface area contributed by atoms with Crippen LogP contribution in [0.2, 0.25) is 0 Å². The van der Waals surface area contributed by atoms with Gasteiger partial charge in [0, 0.05) is 6.42 Å². The molecule has 0 spiro atoms. The van der Waals surface area contributed by atoms with Gasteiger partial charge in [0.2, 0.25) is 5.91 Å². The van der Waals surface area contributed by atoms with E-state index >= 15 is 0 Å². The highest BCUT2D eigenvalue weighted by Crippen LogP contribution is 2.27. The van der Waals surface area contributed by atoms with Crippen LogP contribution < -0.4 is 10.6 Å². The second-order valence-corrected chi connectivity index (χ2v) is 5.92. The lowest BCUT2D eigenvalue weighted by molar-refractivity contribution is -0.120. The highest BCUT2D eigenvalue weighted by Gasteiger charge is 2.19. The van der Waals surface area contributed by atoms with Crippen molar-refractivity contribution in [1.82, 2.24) is 10.6 Å². The minimum absolute atomic E-state index is 0.0367. The predicted octanol–water partition coefficient (Wildman–Crippen LogP) is 3.32. The van der Waals surface area contributed by atoms with Crippen molar-refractivity contribution in [2.24, 2.45) is 5.92 Å². The van der Waals surface area contributed by atoms with Gasteiger partial charge in [-0.15, -0.1) is 0 Å². The van der Waals surface area contributed by atoms with Crippen molar-refractivity contribution in [3.63, 3.8) is 0 Å². The molecule has 0 radical (unpaired) electrons. The smallest absolute Gasteiger partial charge is 0.226 e. The van der Waals surface area contributed by atoms with Gasteiger partial charge in [-0.3, -0.25) is 4.79 Å². The number of carbonyl (C=O) groups is 1. The standard InChI is InChI=1S/C16H22N2OS/c1-12(14-9-3-2-4-10-14)17-16(20)18-15(19)11-13-7-5-6-8-13/h2-4,9-10,12-13H,5-8,11H2,1H3,(H2,17,18,19,20). The van der Waals surface area contributed by atoms with Gasteiger partial charge >= 0.3 is 0 Å². The first-order valence-corrected chi connectivity index (χ1v) is 7.71. The van der Waals surface area contributed by atoms with Crippen LogP contribution >= 0.6 is 12.2 Å². The van der Waals surface area contributed by atoms with Crippen LogP contribution in [0, 0.1) is 5.92 Å². The van der Waals surface area contributed by atoms with Crippen LogP contribution in [-0.2, 0) is 4.79 Å². The van der Waals surface area contributed by atoms with Gasteiger partial charge in [0.15, 0.2) is 5.11 Å². The Bertz CT molecular complexity index is 455. The molecule has 1 unspecified atom stereocenters. The lowest BCUT2D eigenvalue weighted by atomic mass is 10.0. The molecule has 1 amide bonds. The highest BCUT2D eigenvalue weighted by molar-refractivity contribution is 7.80. The third-order valence-electron chi connectivity index (χ3n) is 3.85. The van der Waals surface area contributed by atoms with Crippen molar-refractivity contribution in [1.29, 1.82) is 0 Å². The van der Waals surface area contributed by atoms with Gasteiger partial charge in [0.05, 0.1) is 6.04 Å². The zero-order chi connectivity index (χ0) is 14.4. The predicted molar refractivity (Wildman–Crippen MR) is 85.3 cm³/mol. The molecule has 1 aromatic rings. The van der Waals surface area contributed by atoms with E-state index in [4.69, 9.17) is 12.2 Å². The van der Waals surface area contributed by atoms with Crippen LogP contribution in [0.4, 0.5) is 0 Å². The molecule has 3 nitrogen and oxygen atoms in total. The van der Waals surface area contributed by atoms with E-state index in [0.717, 1.165) is 5.56 Å². The molecular weight excluding hydrogens is 268 g/mol. The minimum atomic E-state index is 0.0367. The SMILES string of the molecule is CC(NC(=S)NC(=O)CC1CCCC1)c1ccccc1. The first-order chi connectivity index (χ1) is 9.65. The number of hydrogen-bond donors (Lipinski definition) is 2. The van der Waals surface area contributed by atoms with E-state index in [0.29, 0.717) is 17.5 Å². The molecule has 1 aliphatic carbocycles. The first kappa shape index (κ1) is 15.0. The van der Waals surface area contributed by atoms with E-state index in [-0.39, 0.29) is 11.9 Å². The minimum Gasteiger partial charge on any atom is -0.356 e. The van der Waals surface area contributed by atoms with Crippen LogP contribution in [0.15, 0.2) is 30.3 Å². The summed E-state index contributed by atoms with van der Waals surface area (Å²) < 4.78 is 0. The Morgan fingerprint density at radius 2 is 1.95 bits per heavy atom. The molecule has 1 atom stereocenters. The van der Waals surface area contributed by atoms with Crippen LogP contribution in [0.25, 0.3) is 0 Å². The van der Waals surface area contributed by atoms with E-state index in [1.807, 2.05) is 37.3 Å². The number of hydrogen-bond acceptors (Lipinski definition) is 2. The Labute approximate surface area is 126 Å². The van der Waals surface area contributed by atoms with Crippen molar-refractivity contribution in [3.8, 4) is 0 Å². The average Bonchev–Trinajstić information content (AvgIpc) is 2.92. The van der Waals surface area contributed by atoms with Gasteiger partial charge in [-0.25, -0.2) is 0 Å². The van der Waals surface area contributed by atoms with Crippen LogP contribution in [0.1, 0.15) is 50.6 Å². The summed E-state index contributed by atoms with van der Waals surface area (Å²) in [7, 11) is 0. The molecule has 0 saturated heterocycles. The third kappa shape index (κ3) is 4.60. The van der Waals surface area contributed by atoms with Gasteiger partial charge in [0.1, 0.15) is 0 Å². The van der Waals surface area contributed by atoms with Crippen molar-refractivity contribution >= 4 is 23.2 Å².